The van der Waals surface area contributed by atoms with Gasteiger partial charge in [0, 0.05) is 31.0 Å². The Labute approximate surface area is 154 Å². The van der Waals surface area contributed by atoms with Gasteiger partial charge in [0.05, 0.1) is 6.54 Å². The van der Waals surface area contributed by atoms with Gasteiger partial charge in [0.2, 0.25) is 5.91 Å². The van der Waals surface area contributed by atoms with Gasteiger partial charge in [0.1, 0.15) is 0 Å². The van der Waals surface area contributed by atoms with Crippen molar-refractivity contribution >= 4 is 23.3 Å². The van der Waals surface area contributed by atoms with Crippen LogP contribution in [0.2, 0.25) is 0 Å². The third-order valence-corrected chi connectivity index (χ3v) is 3.99. The molecule has 2 aromatic carbocycles. The second-order valence-electron chi connectivity index (χ2n) is 5.79. The van der Waals surface area contributed by atoms with E-state index in [-0.39, 0.29) is 18.5 Å². The van der Waals surface area contributed by atoms with Crippen LogP contribution in [0, 0.1) is 0 Å². The Morgan fingerprint density at radius 1 is 0.885 bits per heavy atom. The monoisotopic (exact) mass is 354 g/mol. The normalized spacial score (nSPS) is 10.1. The summed E-state index contributed by atoms with van der Waals surface area (Å²) in [5.41, 5.74) is 2.82. The van der Waals surface area contributed by atoms with E-state index in [0.717, 1.165) is 24.3 Å². The van der Waals surface area contributed by atoms with E-state index < -0.39 is 0 Å². The molecule has 0 aromatic heterocycles. The highest BCUT2D eigenvalue weighted by Crippen LogP contribution is 2.17. The Hall–Kier alpha value is -3.02. The van der Waals surface area contributed by atoms with Gasteiger partial charge in [0.25, 0.3) is 0 Å². The Morgan fingerprint density at radius 2 is 1.54 bits per heavy atom. The maximum atomic E-state index is 12.0. The summed E-state index contributed by atoms with van der Waals surface area (Å²) in [5.74, 6) is -0.268. The van der Waals surface area contributed by atoms with Crippen LogP contribution in [0.25, 0.3) is 0 Å². The SMILES string of the molecule is CCN(CC)c1ccc(NC(=O)CNC(=O)NCc2ccccc2)cc1. The third kappa shape index (κ3) is 6.12. The van der Waals surface area contributed by atoms with Crippen LogP contribution >= 0.6 is 0 Å². The van der Waals surface area contributed by atoms with Crippen molar-refractivity contribution < 1.29 is 9.59 Å². The maximum Gasteiger partial charge on any atom is 0.315 e. The third-order valence-electron chi connectivity index (χ3n) is 3.99. The predicted octanol–water partition coefficient (Wildman–Crippen LogP) is 2.97. The zero-order valence-corrected chi connectivity index (χ0v) is 15.3. The van der Waals surface area contributed by atoms with Gasteiger partial charge >= 0.3 is 6.03 Å². The summed E-state index contributed by atoms with van der Waals surface area (Å²) >= 11 is 0. The van der Waals surface area contributed by atoms with Crippen LogP contribution in [0.1, 0.15) is 19.4 Å². The van der Waals surface area contributed by atoms with Crippen LogP contribution in [0.5, 0.6) is 0 Å². The first-order valence-corrected chi connectivity index (χ1v) is 8.82. The molecule has 0 aliphatic rings. The molecule has 0 atom stereocenters. The highest BCUT2D eigenvalue weighted by molar-refractivity contribution is 5.94. The number of anilines is 2. The van der Waals surface area contributed by atoms with E-state index in [2.05, 4.69) is 34.7 Å². The standard InChI is InChI=1S/C20H26N4O2/c1-3-24(4-2)18-12-10-17(11-13-18)23-19(25)15-22-20(26)21-14-16-8-6-5-7-9-16/h5-13H,3-4,14-15H2,1-2H3,(H,23,25)(H2,21,22,26). The van der Waals surface area contributed by atoms with E-state index in [1.54, 1.807) is 0 Å². The molecule has 0 aliphatic heterocycles. The number of nitrogens with one attached hydrogen (secondary N) is 3. The van der Waals surface area contributed by atoms with Crippen molar-refractivity contribution in [2.24, 2.45) is 0 Å². The van der Waals surface area contributed by atoms with Crippen LogP contribution in [-0.2, 0) is 11.3 Å². The lowest BCUT2D eigenvalue weighted by Crippen LogP contribution is -2.39. The molecule has 2 aromatic rings. The van der Waals surface area contributed by atoms with Crippen molar-refractivity contribution in [3.8, 4) is 0 Å². The van der Waals surface area contributed by atoms with Gasteiger partial charge in [-0.25, -0.2) is 4.79 Å². The second-order valence-corrected chi connectivity index (χ2v) is 5.79. The van der Waals surface area contributed by atoms with Gasteiger partial charge in [0.15, 0.2) is 0 Å². The summed E-state index contributed by atoms with van der Waals surface area (Å²) in [4.78, 5) is 25.9. The minimum atomic E-state index is -0.374. The molecule has 26 heavy (non-hydrogen) atoms. The number of hydrogen-bond acceptors (Lipinski definition) is 3. The van der Waals surface area contributed by atoms with E-state index in [1.165, 1.54) is 0 Å². The van der Waals surface area contributed by atoms with Crippen molar-refractivity contribution in [3.63, 3.8) is 0 Å². The Balaban J connectivity index is 1.73. The van der Waals surface area contributed by atoms with Crippen molar-refractivity contribution in [1.29, 1.82) is 0 Å². The molecular formula is C20H26N4O2. The predicted molar refractivity (Wildman–Crippen MR) is 105 cm³/mol. The fourth-order valence-corrected chi connectivity index (χ4v) is 2.55. The lowest BCUT2D eigenvalue weighted by atomic mass is 10.2. The summed E-state index contributed by atoms with van der Waals surface area (Å²) < 4.78 is 0. The van der Waals surface area contributed by atoms with Gasteiger partial charge in [-0.05, 0) is 43.7 Å². The molecule has 2 rings (SSSR count). The molecule has 0 radical (unpaired) electrons. The average Bonchev–Trinajstić information content (AvgIpc) is 2.68. The zero-order valence-electron chi connectivity index (χ0n) is 15.3. The topological polar surface area (TPSA) is 73.5 Å². The fraction of sp³-hybridized carbons (Fsp3) is 0.300. The van der Waals surface area contributed by atoms with Crippen LogP contribution < -0.4 is 20.9 Å². The highest BCUT2D eigenvalue weighted by atomic mass is 16.2. The summed E-state index contributed by atoms with van der Waals surface area (Å²) in [5, 5.41) is 8.04. The molecule has 6 nitrogen and oxygen atoms in total. The lowest BCUT2D eigenvalue weighted by Gasteiger charge is -2.21. The molecule has 6 heteroatoms. The molecule has 138 valence electrons. The molecule has 0 fully saturated rings. The first-order chi connectivity index (χ1) is 12.6. The van der Waals surface area contributed by atoms with Crippen LogP contribution in [0.15, 0.2) is 54.6 Å². The highest BCUT2D eigenvalue weighted by Gasteiger charge is 2.07. The number of benzene rings is 2. The average molecular weight is 354 g/mol. The molecular weight excluding hydrogens is 328 g/mol. The molecule has 3 N–H and O–H groups in total. The van der Waals surface area contributed by atoms with E-state index in [0.29, 0.717) is 12.2 Å². The quantitative estimate of drug-likeness (QED) is 0.682. The van der Waals surface area contributed by atoms with Gasteiger partial charge in [-0.2, -0.15) is 0 Å². The first-order valence-electron chi connectivity index (χ1n) is 8.82. The van der Waals surface area contributed by atoms with Gasteiger partial charge in [-0.1, -0.05) is 30.3 Å². The zero-order chi connectivity index (χ0) is 18.8. The van der Waals surface area contributed by atoms with E-state index in [4.69, 9.17) is 0 Å². The van der Waals surface area contributed by atoms with E-state index in [1.807, 2.05) is 54.6 Å². The smallest absolute Gasteiger partial charge is 0.315 e. The number of nitrogens with zero attached hydrogens (tertiary/aromatic N) is 1. The van der Waals surface area contributed by atoms with Crippen LogP contribution in [-0.4, -0.2) is 31.6 Å². The first kappa shape index (κ1) is 19.3. The van der Waals surface area contributed by atoms with Crippen molar-refractivity contribution in [2.45, 2.75) is 20.4 Å². The van der Waals surface area contributed by atoms with Crippen molar-refractivity contribution in [2.75, 3.05) is 29.9 Å². The van der Waals surface area contributed by atoms with Crippen LogP contribution in [0.4, 0.5) is 16.2 Å². The number of hydrogen-bond donors (Lipinski definition) is 3. The summed E-state index contributed by atoms with van der Waals surface area (Å²) in [6.45, 7) is 6.41. The largest absolute Gasteiger partial charge is 0.372 e. The molecule has 0 saturated heterocycles. The second kappa shape index (κ2) is 10.1. The molecule has 0 bridgehead atoms. The van der Waals surface area contributed by atoms with E-state index in [9.17, 15) is 9.59 Å². The minimum absolute atomic E-state index is 0.0849. The van der Waals surface area contributed by atoms with Gasteiger partial charge in [-0.3, -0.25) is 4.79 Å². The molecule has 3 amide bonds. The number of carbonyl (C=O) groups is 2. The maximum absolute atomic E-state index is 12.0. The molecule has 0 heterocycles. The minimum Gasteiger partial charge on any atom is -0.372 e. The van der Waals surface area contributed by atoms with Gasteiger partial charge < -0.3 is 20.9 Å². The number of carbonyl (C=O) groups excluding carboxylic acids is 2. The van der Waals surface area contributed by atoms with Crippen molar-refractivity contribution in [1.82, 2.24) is 10.6 Å². The summed E-state index contributed by atoms with van der Waals surface area (Å²) in [6.07, 6.45) is 0. The van der Waals surface area contributed by atoms with Gasteiger partial charge in [-0.15, -0.1) is 0 Å². The van der Waals surface area contributed by atoms with Crippen LogP contribution in [0.3, 0.4) is 0 Å². The Kier molecular flexibility index (Phi) is 7.49. The summed E-state index contributed by atoms with van der Waals surface area (Å²) in [6, 6.07) is 16.9. The Bertz CT molecular complexity index is 698. The molecule has 0 saturated carbocycles. The fourth-order valence-electron chi connectivity index (χ4n) is 2.55. The molecule has 0 aliphatic carbocycles. The number of rotatable bonds is 8. The van der Waals surface area contributed by atoms with Crippen molar-refractivity contribution in [3.05, 3.63) is 60.2 Å². The molecule has 0 spiro atoms. The molecule has 0 unspecified atom stereocenters. The Morgan fingerprint density at radius 3 is 2.15 bits per heavy atom. The summed E-state index contributed by atoms with van der Waals surface area (Å²) in [7, 11) is 0. The number of amides is 3. The number of urea groups is 1. The van der Waals surface area contributed by atoms with E-state index >= 15 is 0 Å². The lowest BCUT2D eigenvalue weighted by molar-refractivity contribution is -0.115.